The van der Waals surface area contributed by atoms with Crippen LogP contribution < -0.4 is 10.2 Å². The average Bonchev–Trinajstić information content (AvgIpc) is 2.79. The Hall–Kier alpha value is -1.83. The molecule has 0 aromatic carbocycles. The van der Waals surface area contributed by atoms with Crippen molar-refractivity contribution < 1.29 is 0 Å². The highest BCUT2D eigenvalue weighted by molar-refractivity contribution is 5.50. The standard InChI is InChI=1S/C11H15N5/c1-9-14-10(13-5-4-12)8-11(15-9)16-6-2-3-7-16/h8H,2-3,5-7H2,1H3,(H,13,14,15). The van der Waals surface area contributed by atoms with Crippen molar-refractivity contribution in [1.29, 1.82) is 5.26 Å². The number of nitrogens with one attached hydrogen (secondary N) is 1. The lowest BCUT2D eigenvalue weighted by Gasteiger charge is -2.17. The molecule has 2 heterocycles. The number of aryl methyl sites for hydroxylation is 1. The SMILES string of the molecule is Cc1nc(NCC#N)cc(N2CCCC2)n1. The summed E-state index contributed by atoms with van der Waals surface area (Å²) in [7, 11) is 0. The Labute approximate surface area is 95.1 Å². The van der Waals surface area contributed by atoms with Gasteiger partial charge in [-0.15, -0.1) is 0 Å². The molecule has 2 rings (SSSR count). The van der Waals surface area contributed by atoms with Gasteiger partial charge < -0.3 is 10.2 Å². The number of aromatic nitrogens is 2. The van der Waals surface area contributed by atoms with Crippen molar-refractivity contribution in [3.05, 3.63) is 11.9 Å². The molecule has 0 bridgehead atoms. The second kappa shape index (κ2) is 4.79. The van der Waals surface area contributed by atoms with Gasteiger partial charge in [-0.05, 0) is 19.8 Å². The fourth-order valence-electron chi connectivity index (χ4n) is 1.88. The Kier molecular flexibility index (Phi) is 3.20. The van der Waals surface area contributed by atoms with E-state index in [4.69, 9.17) is 5.26 Å². The summed E-state index contributed by atoms with van der Waals surface area (Å²) in [5.74, 6) is 2.44. The third kappa shape index (κ3) is 2.40. The van der Waals surface area contributed by atoms with Gasteiger partial charge in [0.05, 0.1) is 6.07 Å². The molecule has 0 atom stereocenters. The highest BCUT2D eigenvalue weighted by Gasteiger charge is 2.14. The first-order chi connectivity index (χ1) is 7.79. The molecule has 0 radical (unpaired) electrons. The van der Waals surface area contributed by atoms with E-state index < -0.39 is 0 Å². The maximum atomic E-state index is 8.51. The van der Waals surface area contributed by atoms with Gasteiger partial charge in [-0.1, -0.05) is 0 Å². The Bertz CT molecular complexity index is 403. The van der Waals surface area contributed by atoms with E-state index in [-0.39, 0.29) is 6.54 Å². The Morgan fingerprint density at radius 1 is 1.44 bits per heavy atom. The first kappa shape index (κ1) is 10.7. The van der Waals surface area contributed by atoms with E-state index in [0.29, 0.717) is 0 Å². The molecule has 0 amide bonds. The van der Waals surface area contributed by atoms with Gasteiger partial charge >= 0.3 is 0 Å². The van der Waals surface area contributed by atoms with Gasteiger partial charge in [-0.3, -0.25) is 0 Å². The maximum absolute atomic E-state index is 8.51. The second-order valence-electron chi connectivity index (χ2n) is 3.86. The molecule has 1 aliphatic rings. The largest absolute Gasteiger partial charge is 0.357 e. The Balaban J connectivity index is 2.18. The molecule has 0 unspecified atom stereocenters. The minimum Gasteiger partial charge on any atom is -0.357 e. The molecular formula is C11H15N5. The summed E-state index contributed by atoms with van der Waals surface area (Å²) in [6.45, 7) is 4.27. The molecule has 1 N–H and O–H groups in total. The van der Waals surface area contributed by atoms with E-state index in [1.807, 2.05) is 19.1 Å². The number of nitrogens with zero attached hydrogens (tertiary/aromatic N) is 4. The molecule has 1 aliphatic heterocycles. The van der Waals surface area contributed by atoms with Crippen molar-refractivity contribution >= 4 is 11.6 Å². The number of hydrogen-bond acceptors (Lipinski definition) is 5. The van der Waals surface area contributed by atoms with Crippen LogP contribution >= 0.6 is 0 Å². The number of rotatable bonds is 3. The van der Waals surface area contributed by atoms with E-state index in [9.17, 15) is 0 Å². The summed E-state index contributed by atoms with van der Waals surface area (Å²) in [5, 5.41) is 11.5. The van der Waals surface area contributed by atoms with Crippen LogP contribution in [0.5, 0.6) is 0 Å². The zero-order valence-corrected chi connectivity index (χ0v) is 9.40. The normalized spacial score (nSPS) is 14.9. The van der Waals surface area contributed by atoms with Gasteiger partial charge in [0.15, 0.2) is 0 Å². The monoisotopic (exact) mass is 217 g/mol. The van der Waals surface area contributed by atoms with Crippen LogP contribution in [-0.4, -0.2) is 29.6 Å². The first-order valence-electron chi connectivity index (χ1n) is 5.51. The van der Waals surface area contributed by atoms with Crippen LogP contribution in [0.4, 0.5) is 11.6 Å². The molecule has 16 heavy (non-hydrogen) atoms. The highest BCUT2D eigenvalue weighted by atomic mass is 15.2. The second-order valence-corrected chi connectivity index (χ2v) is 3.86. The topological polar surface area (TPSA) is 64.8 Å². The van der Waals surface area contributed by atoms with Crippen LogP contribution in [0, 0.1) is 18.3 Å². The van der Waals surface area contributed by atoms with Crippen molar-refractivity contribution in [1.82, 2.24) is 9.97 Å². The van der Waals surface area contributed by atoms with Crippen LogP contribution in [0.1, 0.15) is 18.7 Å². The molecule has 1 aromatic heterocycles. The van der Waals surface area contributed by atoms with Crippen molar-refractivity contribution in [2.75, 3.05) is 29.9 Å². The molecule has 0 spiro atoms. The fourth-order valence-corrected chi connectivity index (χ4v) is 1.88. The van der Waals surface area contributed by atoms with Gasteiger partial charge in [-0.25, -0.2) is 9.97 Å². The van der Waals surface area contributed by atoms with Gasteiger partial charge in [0.25, 0.3) is 0 Å². The number of hydrogen-bond donors (Lipinski definition) is 1. The zero-order chi connectivity index (χ0) is 11.4. The summed E-state index contributed by atoms with van der Waals surface area (Å²) in [6.07, 6.45) is 2.45. The van der Waals surface area contributed by atoms with Crippen LogP contribution in [0.3, 0.4) is 0 Å². The zero-order valence-electron chi connectivity index (χ0n) is 9.40. The number of nitriles is 1. The summed E-state index contributed by atoms with van der Waals surface area (Å²) in [4.78, 5) is 10.9. The van der Waals surface area contributed by atoms with Crippen molar-refractivity contribution in [3.63, 3.8) is 0 Å². The fraction of sp³-hybridized carbons (Fsp3) is 0.545. The molecule has 1 saturated heterocycles. The smallest absolute Gasteiger partial charge is 0.134 e. The maximum Gasteiger partial charge on any atom is 0.134 e. The van der Waals surface area contributed by atoms with Gasteiger partial charge in [0, 0.05) is 19.2 Å². The molecule has 84 valence electrons. The molecule has 0 saturated carbocycles. The minimum absolute atomic E-state index is 0.274. The average molecular weight is 217 g/mol. The lowest BCUT2D eigenvalue weighted by molar-refractivity contribution is 0.910. The summed E-state index contributed by atoms with van der Waals surface area (Å²) in [6, 6.07) is 3.95. The molecule has 5 nitrogen and oxygen atoms in total. The van der Waals surface area contributed by atoms with Gasteiger partial charge in [0.1, 0.15) is 24.0 Å². The molecule has 1 aromatic rings. The molecular weight excluding hydrogens is 202 g/mol. The Morgan fingerprint density at radius 2 is 2.19 bits per heavy atom. The van der Waals surface area contributed by atoms with Crippen molar-refractivity contribution in [3.8, 4) is 6.07 Å². The van der Waals surface area contributed by atoms with Crippen molar-refractivity contribution in [2.45, 2.75) is 19.8 Å². The highest BCUT2D eigenvalue weighted by Crippen LogP contribution is 2.20. The van der Waals surface area contributed by atoms with E-state index in [2.05, 4.69) is 20.2 Å². The summed E-state index contributed by atoms with van der Waals surface area (Å²) in [5.41, 5.74) is 0. The van der Waals surface area contributed by atoms with Gasteiger partial charge in [-0.2, -0.15) is 5.26 Å². The predicted molar refractivity (Wildman–Crippen MR) is 62.3 cm³/mol. The molecule has 1 fully saturated rings. The third-order valence-corrected chi connectivity index (χ3v) is 2.60. The van der Waals surface area contributed by atoms with E-state index in [0.717, 1.165) is 30.5 Å². The van der Waals surface area contributed by atoms with Crippen LogP contribution in [0.25, 0.3) is 0 Å². The third-order valence-electron chi connectivity index (χ3n) is 2.60. The predicted octanol–water partition coefficient (Wildman–Crippen LogP) is 1.32. The van der Waals surface area contributed by atoms with Gasteiger partial charge in [0.2, 0.25) is 0 Å². The van der Waals surface area contributed by atoms with Crippen LogP contribution in [0.2, 0.25) is 0 Å². The summed E-state index contributed by atoms with van der Waals surface area (Å²) < 4.78 is 0. The molecule has 0 aliphatic carbocycles. The summed E-state index contributed by atoms with van der Waals surface area (Å²) >= 11 is 0. The lowest BCUT2D eigenvalue weighted by Crippen LogP contribution is -2.20. The quantitative estimate of drug-likeness (QED) is 0.773. The van der Waals surface area contributed by atoms with E-state index in [1.54, 1.807) is 0 Å². The Morgan fingerprint density at radius 3 is 2.88 bits per heavy atom. The molecule has 5 heteroatoms. The van der Waals surface area contributed by atoms with Crippen LogP contribution in [0.15, 0.2) is 6.07 Å². The van der Waals surface area contributed by atoms with Crippen LogP contribution in [-0.2, 0) is 0 Å². The lowest BCUT2D eigenvalue weighted by atomic mass is 10.4. The van der Waals surface area contributed by atoms with E-state index >= 15 is 0 Å². The minimum atomic E-state index is 0.274. The number of anilines is 2. The van der Waals surface area contributed by atoms with E-state index in [1.165, 1.54) is 12.8 Å². The first-order valence-corrected chi connectivity index (χ1v) is 5.51. The van der Waals surface area contributed by atoms with Crippen molar-refractivity contribution in [2.24, 2.45) is 0 Å².